The van der Waals surface area contributed by atoms with Crippen LogP contribution in [0.5, 0.6) is 0 Å². The van der Waals surface area contributed by atoms with Crippen molar-refractivity contribution in [3.05, 3.63) is 29.8 Å². The molecule has 0 amide bonds. The lowest BCUT2D eigenvalue weighted by Crippen LogP contribution is -2.43. The molecule has 1 heterocycles. The van der Waals surface area contributed by atoms with E-state index in [-0.39, 0.29) is 6.10 Å². The molecule has 18 heavy (non-hydrogen) atoms. The molecule has 1 aliphatic rings. The largest absolute Gasteiger partial charge is 0.382 e. The third kappa shape index (κ3) is 3.73. The van der Waals surface area contributed by atoms with E-state index in [1.165, 1.54) is 0 Å². The normalized spacial score (nSPS) is 20.3. The Kier molecular flexibility index (Phi) is 4.57. The van der Waals surface area contributed by atoms with Crippen LogP contribution in [0.4, 0.5) is 5.69 Å². The van der Waals surface area contributed by atoms with Crippen molar-refractivity contribution in [3.8, 4) is 6.07 Å². The molecule has 96 valence electrons. The summed E-state index contributed by atoms with van der Waals surface area (Å²) in [5.74, 6) is 0. The van der Waals surface area contributed by atoms with Crippen molar-refractivity contribution < 1.29 is 4.74 Å². The Balaban J connectivity index is 1.81. The number of nitrogens with zero attached hydrogens (tertiary/aromatic N) is 2. The van der Waals surface area contributed by atoms with Crippen molar-refractivity contribution in [2.45, 2.75) is 12.5 Å². The van der Waals surface area contributed by atoms with E-state index in [9.17, 15) is 0 Å². The summed E-state index contributed by atoms with van der Waals surface area (Å²) in [5.41, 5.74) is 2.13. The maximum Gasteiger partial charge on any atom is 0.0874 e. The number of nitrogens with one attached hydrogen (secondary N) is 1. The van der Waals surface area contributed by atoms with Gasteiger partial charge < -0.3 is 15.0 Å². The molecule has 0 aromatic heterocycles. The van der Waals surface area contributed by atoms with Gasteiger partial charge in [0.1, 0.15) is 0 Å². The van der Waals surface area contributed by atoms with Gasteiger partial charge in [-0.2, -0.15) is 5.26 Å². The Morgan fingerprint density at radius 2 is 2.22 bits per heavy atom. The van der Waals surface area contributed by atoms with Crippen molar-refractivity contribution in [1.29, 1.82) is 5.26 Å². The first-order valence-corrected chi connectivity index (χ1v) is 6.28. The van der Waals surface area contributed by atoms with Gasteiger partial charge in [0.2, 0.25) is 0 Å². The van der Waals surface area contributed by atoms with Crippen LogP contribution in [0.1, 0.15) is 5.56 Å². The van der Waals surface area contributed by atoms with Crippen LogP contribution in [-0.4, -0.2) is 44.3 Å². The summed E-state index contributed by atoms with van der Waals surface area (Å²) < 4.78 is 5.69. The molecule has 0 aliphatic carbocycles. The van der Waals surface area contributed by atoms with Crippen LogP contribution in [0.2, 0.25) is 0 Å². The second-order valence-electron chi connectivity index (χ2n) is 4.67. The first-order chi connectivity index (χ1) is 8.78. The van der Waals surface area contributed by atoms with Crippen LogP contribution in [0.15, 0.2) is 24.3 Å². The second-order valence-corrected chi connectivity index (χ2v) is 4.67. The fourth-order valence-corrected chi connectivity index (χ4v) is 2.05. The van der Waals surface area contributed by atoms with Gasteiger partial charge in [0, 0.05) is 25.3 Å². The molecule has 1 N–H and O–H groups in total. The summed E-state index contributed by atoms with van der Waals surface area (Å²) >= 11 is 0. The first-order valence-electron chi connectivity index (χ1n) is 6.28. The first kappa shape index (κ1) is 12.9. The minimum Gasteiger partial charge on any atom is -0.382 e. The molecule has 0 bridgehead atoms. The third-order valence-electron chi connectivity index (χ3n) is 3.11. The van der Waals surface area contributed by atoms with Gasteiger partial charge in [-0.15, -0.1) is 0 Å². The average molecular weight is 245 g/mol. The predicted molar refractivity (Wildman–Crippen MR) is 71.5 cm³/mol. The van der Waals surface area contributed by atoms with Gasteiger partial charge in [0.05, 0.1) is 25.2 Å². The second kappa shape index (κ2) is 6.39. The summed E-state index contributed by atoms with van der Waals surface area (Å²) in [6, 6.07) is 10.1. The Hall–Kier alpha value is -1.57. The molecule has 1 unspecified atom stereocenters. The minimum atomic E-state index is 0.252. The van der Waals surface area contributed by atoms with E-state index in [4.69, 9.17) is 10.00 Å². The molecule has 4 heteroatoms. The summed E-state index contributed by atoms with van der Waals surface area (Å²) in [7, 11) is 2.12. The van der Waals surface area contributed by atoms with Crippen LogP contribution in [-0.2, 0) is 11.2 Å². The number of likely N-dealkylation sites (N-methyl/N-ethyl adjacent to an activating group) is 1. The van der Waals surface area contributed by atoms with Crippen molar-refractivity contribution in [2.75, 3.05) is 38.6 Å². The number of hydrogen-bond donors (Lipinski definition) is 1. The number of benzene rings is 1. The Morgan fingerprint density at radius 3 is 2.89 bits per heavy atom. The van der Waals surface area contributed by atoms with Gasteiger partial charge in [-0.25, -0.2) is 0 Å². The van der Waals surface area contributed by atoms with E-state index in [1.54, 1.807) is 0 Å². The molecule has 1 aliphatic heterocycles. The van der Waals surface area contributed by atoms with Crippen LogP contribution in [0.25, 0.3) is 0 Å². The summed E-state index contributed by atoms with van der Waals surface area (Å²) in [5, 5.41) is 12.0. The number of rotatable bonds is 4. The van der Waals surface area contributed by atoms with E-state index in [1.807, 2.05) is 24.3 Å². The molecular weight excluding hydrogens is 226 g/mol. The molecule has 0 spiro atoms. The van der Waals surface area contributed by atoms with E-state index >= 15 is 0 Å². The predicted octanol–water partition coefficient (Wildman–Crippen LogP) is 1.50. The highest BCUT2D eigenvalue weighted by molar-refractivity contribution is 5.45. The number of anilines is 1. The Bertz CT molecular complexity index is 410. The maximum absolute atomic E-state index is 8.60. The topological polar surface area (TPSA) is 48.3 Å². The van der Waals surface area contributed by atoms with E-state index in [0.717, 1.165) is 37.5 Å². The molecule has 1 saturated heterocycles. The number of ether oxygens (including phenoxy) is 1. The molecule has 0 radical (unpaired) electrons. The van der Waals surface area contributed by atoms with Gasteiger partial charge in [-0.3, -0.25) is 0 Å². The highest BCUT2D eigenvalue weighted by Gasteiger charge is 2.16. The number of nitriles is 1. The van der Waals surface area contributed by atoms with Gasteiger partial charge in [-0.05, 0) is 24.7 Å². The van der Waals surface area contributed by atoms with Crippen LogP contribution in [0.3, 0.4) is 0 Å². The monoisotopic (exact) mass is 245 g/mol. The zero-order chi connectivity index (χ0) is 12.8. The lowest BCUT2D eigenvalue weighted by molar-refractivity contribution is -0.0117. The average Bonchev–Trinajstić information content (AvgIpc) is 2.38. The molecule has 1 atom stereocenters. The van der Waals surface area contributed by atoms with Gasteiger partial charge in [0.15, 0.2) is 0 Å². The highest BCUT2D eigenvalue weighted by atomic mass is 16.5. The Labute approximate surface area is 108 Å². The van der Waals surface area contributed by atoms with Gasteiger partial charge >= 0.3 is 0 Å². The standard InChI is InChI=1S/C14H19N3O/c1-17-8-9-18-14(11-17)10-16-13-4-2-12(3-5-13)6-7-15/h2-5,14,16H,6,8-11H2,1H3. The van der Waals surface area contributed by atoms with Crippen molar-refractivity contribution >= 4 is 5.69 Å². The smallest absolute Gasteiger partial charge is 0.0874 e. The quantitative estimate of drug-likeness (QED) is 0.873. The molecule has 0 saturated carbocycles. The van der Waals surface area contributed by atoms with E-state index in [0.29, 0.717) is 6.42 Å². The summed E-state index contributed by atoms with van der Waals surface area (Å²) in [4.78, 5) is 2.28. The number of morpholine rings is 1. The zero-order valence-electron chi connectivity index (χ0n) is 10.7. The van der Waals surface area contributed by atoms with Crippen LogP contribution >= 0.6 is 0 Å². The third-order valence-corrected chi connectivity index (χ3v) is 3.11. The van der Waals surface area contributed by atoms with Crippen LogP contribution in [0, 0.1) is 11.3 Å². The summed E-state index contributed by atoms with van der Waals surface area (Å²) in [6.45, 7) is 3.62. The summed E-state index contributed by atoms with van der Waals surface area (Å²) in [6.07, 6.45) is 0.721. The lowest BCUT2D eigenvalue weighted by atomic mass is 10.1. The van der Waals surface area contributed by atoms with Gasteiger partial charge in [0.25, 0.3) is 0 Å². The van der Waals surface area contributed by atoms with Crippen LogP contribution < -0.4 is 5.32 Å². The number of hydrogen-bond acceptors (Lipinski definition) is 4. The fraction of sp³-hybridized carbons (Fsp3) is 0.500. The molecule has 1 fully saturated rings. The van der Waals surface area contributed by atoms with Gasteiger partial charge in [-0.1, -0.05) is 12.1 Å². The van der Waals surface area contributed by atoms with Crippen molar-refractivity contribution in [2.24, 2.45) is 0 Å². The Morgan fingerprint density at radius 1 is 1.44 bits per heavy atom. The highest BCUT2D eigenvalue weighted by Crippen LogP contribution is 2.11. The SMILES string of the molecule is CN1CCOC(CNc2ccc(CC#N)cc2)C1. The zero-order valence-corrected chi connectivity index (χ0v) is 10.7. The van der Waals surface area contributed by atoms with E-state index in [2.05, 4.69) is 23.3 Å². The lowest BCUT2D eigenvalue weighted by Gasteiger charge is -2.30. The maximum atomic E-state index is 8.60. The molecule has 1 aromatic rings. The van der Waals surface area contributed by atoms with Crippen molar-refractivity contribution in [1.82, 2.24) is 4.90 Å². The van der Waals surface area contributed by atoms with E-state index < -0.39 is 0 Å². The molecule has 4 nitrogen and oxygen atoms in total. The molecule has 1 aromatic carbocycles. The minimum absolute atomic E-state index is 0.252. The molecular formula is C14H19N3O. The molecule has 2 rings (SSSR count). The fourth-order valence-electron chi connectivity index (χ4n) is 2.05. The van der Waals surface area contributed by atoms with Crippen molar-refractivity contribution in [3.63, 3.8) is 0 Å².